The number of nitrogens with zero attached hydrogens (tertiary/aromatic N) is 2. The molecular formula is C20H24F2N2O2. The Balaban J connectivity index is 1.62. The quantitative estimate of drug-likeness (QED) is 0.766. The first-order chi connectivity index (χ1) is 12.6. The van der Waals surface area contributed by atoms with Crippen LogP contribution in [0, 0.1) is 17.6 Å². The third-order valence-electron chi connectivity index (χ3n) is 5.02. The third kappa shape index (κ3) is 4.11. The highest BCUT2D eigenvalue weighted by molar-refractivity contribution is 5.94. The molecule has 4 nitrogen and oxygen atoms in total. The van der Waals surface area contributed by atoms with Gasteiger partial charge in [0.1, 0.15) is 23.0 Å². The van der Waals surface area contributed by atoms with Gasteiger partial charge in [0.25, 0.3) is 5.91 Å². The molecule has 1 saturated heterocycles. The minimum atomic E-state index is -0.498. The number of carbonyl (C=O) groups excluding carboxylic acids is 1. The Hall–Kier alpha value is -2.24. The van der Waals surface area contributed by atoms with Crippen LogP contribution in [0.4, 0.5) is 8.78 Å². The molecule has 1 aliphatic heterocycles. The van der Waals surface area contributed by atoms with E-state index in [1.807, 2.05) is 11.8 Å². The van der Waals surface area contributed by atoms with Gasteiger partial charge in [-0.25, -0.2) is 8.78 Å². The van der Waals surface area contributed by atoms with E-state index in [0.29, 0.717) is 43.7 Å². The van der Waals surface area contributed by atoms with Crippen LogP contribution < -0.4 is 0 Å². The van der Waals surface area contributed by atoms with Crippen molar-refractivity contribution in [2.75, 3.05) is 13.1 Å². The van der Waals surface area contributed by atoms with E-state index in [2.05, 4.69) is 5.16 Å². The Morgan fingerprint density at radius 3 is 2.81 bits per heavy atom. The molecular weight excluding hydrogens is 338 g/mol. The zero-order chi connectivity index (χ0) is 18.5. The predicted octanol–water partition coefficient (Wildman–Crippen LogP) is 4.39. The number of rotatable bonds is 6. The van der Waals surface area contributed by atoms with Crippen molar-refractivity contribution in [1.29, 1.82) is 0 Å². The summed E-state index contributed by atoms with van der Waals surface area (Å²) in [5.41, 5.74) is 0.674. The lowest BCUT2D eigenvalue weighted by molar-refractivity contribution is 0.0665. The maximum atomic E-state index is 13.8. The minimum absolute atomic E-state index is 0.0588. The molecule has 6 heteroatoms. The van der Waals surface area contributed by atoms with Gasteiger partial charge in [0.05, 0.1) is 6.20 Å². The van der Waals surface area contributed by atoms with E-state index >= 15 is 0 Å². The molecule has 0 saturated carbocycles. The lowest BCUT2D eigenvalue weighted by atomic mass is 9.91. The van der Waals surface area contributed by atoms with Gasteiger partial charge in [-0.2, -0.15) is 0 Å². The molecule has 1 amide bonds. The van der Waals surface area contributed by atoms with Gasteiger partial charge in [-0.05, 0) is 50.2 Å². The van der Waals surface area contributed by atoms with Crippen LogP contribution in [-0.4, -0.2) is 29.1 Å². The summed E-state index contributed by atoms with van der Waals surface area (Å²) in [7, 11) is 0. The average Bonchev–Trinajstić information content (AvgIpc) is 3.09. The van der Waals surface area contributed by atoms with Crippen molar-refractivity contribution in [2.24, 2.45) is 5.92 Å². The van der Waals surface area contributed by atoms with Crippen molar-refractivity contribution in [3.05, 3.63) is 52.9 Å². The number of aromatic nitrogens is 1. The summed E-state index contributed by atoms with van der Waals surface area (Å²) in [6.07, 6.45) is 5.92. The minimum Gasteiger partial charge on any atom is -0.361 e. The van der Waals surface area contributed by atoms with E-state index < -0.39 is 11.6 Å². The van der Waals surface area contributed by atoms with E-state index in [1.165, 1.54) is 24.4 Å². The molecule has 1 aromatic heterocycles. The van der Waals surface area contributed by atoms with Crippen molar-refractivity contribution in [2.45, 2.75) is 45.4 Å². The maximum absolute atomic E-state index is 13.8. The summed E-state index contributed by atoms with van der Waals surface area (Å²) < 4.78 is 32.8. The molecule has 0 aliphatic carbocycles. The average molecular weight is 362 g/mol. The monoisotopic (exact) mass is 362 g/mol. The van der Waals surface area contributed by atoms with Crippen LogP contribution in [0.1, 0.15) is 54.3 Å². The zero-order valence-corrected chi connectivity index (χ0v) is 15.0. The van der Waals surface area contributed by atoms with Gasteiger partial charge in [-0.3, -0.25) is 4.79 Å². The van der Waals surface area contributed by atoms with Gasteiger partial charge in [0.15, 0.2) is 0 Å². The summed E-state index contributed by atoms with van der Waals surface area (Å²) in [6.45, 7) is 3.32. The molecule has 0 radical (unpaired) electrons. The summed E-state index contributed by atoms with van der Waals surface area (Å²) in [5, 5.41) is 3.77. The van der Waals surface area contributed by atoms with Gasteiger partial charge < -0.3 is 9.42 Å². The molecule has 3 rings (SSSR count). The molecule has 0 unspecified atom stereocenters. The number of amides is 1. The number of hydrogen-bond donors (Lipinski definition) is 0. The molecule has 1 atom stereocenters. The largest absolute Gasteiger partial charge is 0.361 e. The van der Waals surface area contributed by atoms with Crippen LogP contribution in [0.5, 0.6) is 0 Å². The van der Waals surface area contributed by atoms with E-state index in [1.54, 1.807) is 0 Å². The first kappa shape index (κ1) is 18.5. The van der Waals surface area contributed by atoms with Gasteiger partial charge in [0, 0.05) is 25.1 Å². The summed E-state index contributed by atoms with van der Waals surface area (Å²) in [4.78, 5) is 14.6. The second-order valence-corrected chi connectivity index (χ2v) is 6.91. The van der Waals surface area contributed by atoms with Gasteiger partial charge >= 0.3 is 0 Å². The highest BCUT2D eigenvalue weighted by Crippen LogP contribution is 2.25. The van der Waals surface area contributed by atoms with Crippen molar-refractivity contribution >= 4 is 5.91 Å². The van der Waals surface area contributed by atoms with Crippen molar-refractivity contribution in [3.8, 4) is 0 Å². The molecule has 26 heavy (non-hydrogen) atoms. The van der Waals surface area contributed by atoms with Crippen LogP contribution in [0.2, 0.25) is 0 Å². The predicted molar refractivity (Wildman–Crippen MR) is 93.8 cm³/mol. The lowest BCUT2D eigenvalue weighted by Gasteiger charge is -2.32. The second kappa shape index (κ2) is 8.43. The molecule has 0 bridgehead atoms. The topological polar surface area (TPSA) is 46.3 Å². The number of halogens is 2. The van der Waals surface area contributed by atoms with Crippen LogP contribution in [-0.2, 0) is 12.8 Å². The molecule has 2 heterocycles. The molecule has 1 aliphatic rings. The van der Waals surface area contributed by atoms with Crippen LogP contribution in [0.3, 0.4) is 0 Å². The fourth-order valence-electron chi connectivity index (χ4n) is 3.62. The SMILES string of the molecule is CCCc1oncc1C(=O)N1CCC[C@H](CCc2c(F)cccc2F)C1. The van der Waals surface area contributed by atoms with Gasteiger partial charge in [-0.1, -0.05) is 18.1 Å². The van der Waals surface area contributed by atoms with Crippen LogP contribution in [0.25, 0.3) is 0 Å². The summed E-state index contributed by atoms with van der Waals surface area (Å²) in [6, 6.07) is 3.95. The number of benzene rings is 1. The maximum Gasteiger partial charge on any atom is 0.259 e. The van der Waals surface area contributed by atoms with Crippen LogP contribution in [0.15, 0.2) is 28.9 Å². The van der Waals surface area contributed by atoms with Crippen molar-refractivity contribution in [1.82, 2.24) is 10.1 Å². The molecule has 0 N–H and O–H groups in total. The Kier molecular flexibility index (Phi) is 6.01. The smallest absolute Gasteiger partial charge is 0.259 e. The Bertz CT molecular complexity index is 740. The molecule has 1 aromatic carbocycles. The Labute approximate surface area is 152 Å². The molecule has 2 aromatic rings. The Morgan fingerprint density at radius 2 is 2.08 bits per heavy atom. The zero-order valence-electron chi connectivity index (χ0n) is 15.0. The van der Waals surface area contributed by atoms with E-state index in [-0.39, 0.29) is 17.4 Å². The molecule has 0 spiro atoms. The van der Waals surface area contributed by atoms with E-state index in [4.69, 9.17) is 4.52 Å². The molecule has 1 fully saturated rings. The Morgan fingerprint density at radius 1 is 1.31 bits per heavy atom. The third-order valence-corrected chi connectivity index (χ3v) is 5.02. The fraction of sp³-hybridized carbons (Fsp3) is 0.500. The van der Waals surface area contributed by atoms with E-state index in [0.717, 1.165) is 19.3 Å². The number of likely N-dealkylation sites (tertiary alicyclic amines) is 1. The highest BCUT2D eigenvalue weighted by atomic mass is 19.1. The number of piperidine rings is 1. The normalized spacial score (nSPS) is 17.5. The molecule has 140 valence electrons. The van der Waals surface area contributed by atoms with Crippen molar-refractivity contribution in [3.63, 3.8) is 0 Å². The highest BCUT2D eigenvalue weighted by Gasteiger charge is 2.27. The van der Waals surface area contributed by atoms with Gasteiger partial charge in [-0.15, -0.1) is 0 Å². The standard InChI is InChI=1S/C20H24F2N2O2/c1-2-5-19-16(12-23-26-19)20(25)24-11-4-6-14(13-24)9-10-15-17(21)7-3-8-18(15)22/h3,7-8,12,14H,2,4-6,9-11,13H2,1H3/t14-/m1/s1. The van der Waals surface area contributed by atoms with Crippen molar-refractivity contribution < 1.29 is 18.1 Å². The van der Waals surface area contributed by atoms with E-state index in [9.17, 15) is 13.6 Å². The summed E-state index contributed by atoms with van der Waals surface area (Å²) >= 11 is 0. The van der Waals surface area contributed by atoms with Gasteiger partial charge in [0.2, 0.25) is 0 Å². The fourth-order valence-corrected chi connectivity index (χ4v) is 3.62. The number of aryl methyl sites for hydroxylation is 1. The first-order valence-corrected chi connectivity index (χ1v) is 9.25. The first-order valence-electron chi connectivity index (χ1n) is 9.25. The number of carbonyl (C=O) groups is 1. The second-order valence-electron chi connectivity index (χ2n) is 6.91. The lowest BCUT2D eigenvalue weighted by Crippen LogP contribution is -2.40. The summed E-state index contributed by atoms with van der Waals surface area (Å²) in [5.74, 6) is -0.185. The number of hydrogen-bond acceptors (Lipinski definition) is 3. The van der Waals surface area contributed by atoms with Crippen LogP contribution >= 0.6 is 0 Å².